The Morgan fingerprint density at radius 2 is 1.60 bits per heavy atom. The van der Waals surface area contributed by atoms with Crippen LogP contribution in [-0.4, -0.2) is 70.3 Å². The van der Waals surface area contributed by atoms with Crippen LogP contribution in [-0.2, 0) is 16.0 Å². The molecule has 1 heterocycles. The number of hydrogen-bond acceptors (Lipinski definition) is 6. The number of piperidine rings is 1. The number of carbonyl (C=O) groups excluding carboxylic acids is 1. The van der Waals surface area contributed by atoms with Gasteiger partial charge in [0.15, 0.2) is 0 Å². The van der Waals surface area contributed by atoms with Gasteiger partial charge in [-0.25, -0.2) is 0 Å². The second-order valence-electron chi connectivity index (χ2n) is 11.3. The fourth-order valence-corrected chi connectivity index (χ4v) is 5.66. The maximum atomic E-state index is 12.4. The number of carboxylic acids is 1. The van der Waals surface area contributed by atoms with Crippen molar-refractivity contribution in [2.75, 3.05) is 19.6 Å². The molecule has 226 valence electrons. The predicted molar refractivity (Wildman–Crippen MR) is 163 cm³/mol. The van der Waals surface area contributed by atoms with Crippen molar-refractivity contribution in [1.29, 1.82) is 0 Å². The molecule has 40 heavy (non-hydrogen) atoms. The number of halogens is 2. The number of unbranched alkanes of at least 4 members (excludes halogenated alkanes) is 6. The van der Waals surface area contributed by atoms with Gasteiger partial charge in [0.05, 0.1) is 10.0 Å². The third-order valence-electron chi connectivity index (χ3n) is 7.91. The molecule has 1 fully saturated rings. The third kappa shape index (κ3) is 14.0. The molecule has 1 aromatic rings. The molecule has 11 heteroatoms. The Morgan fingerprint density at radius 1 is 0.950 bits per heavy atom. The number of nitrogens with one attached hydrogen (secondary N) is 1. The Hall–Kier alpha value is -1.36. The van der Waals surface area contributed by atoms with Crippen molar-refractivity contribution in [2.24, 2.45) is 5.73 Å². The highest BCUT2D eigenvalue weighted by molar-refractivity contribution is 6.42. The standard InChI is InChI=1S/C29H48BCl2N3O5/c31-25-13-12-23(22-26(25)32)10-5-3-1-2-4-6-11-27(36)34-24-14-20-35(21-15-24)19-9-17-29(33,28(37)38)16-7-8-18-30(39)40/h12-13,22,24,39-40H,1-11,14-21,33H2,(H,34,36)(H,37,38). The van der Waals surface area contributed by atoms with Crippen LogP contribution in [0.25, 0.3) is 0 Å². The van der Waals surface area contributed by atoms with Gasteiger partial charge in [-0.05, 0) is 81.9 Å². The highest BCUT2D eigenvalue weighted by Crippen LogP contribution is 2.24. The lowest BCUT2D eigenvalue weighted by atomic mass is 9.81. The minimum absolute atomic E-state index is 0.140. The average molecular weight is 600 g/mol. The lowest BCUT2D eigenvalue weighted by Crippen LogP contribution is -2.49. The Labute approximate surface area is 250 Å². The van der Waals surface area contributed by atoms with Crippen LogP contribution in [0.3, 0.4) is 0 Å². The van der Waals surface area contributed by atoms with E-state index >= 15 is 0 Å². The SMILES string of the molecule is NC(CCCCB(O)O)(CCCN1CCC(NC(=O)CCCCCCCCc2ccc(Cl)c(Cl)c2)CC1)C(=O)O. The number of hydrogen-bond donors (Lipinski definition) is 5. The van der Waals surface area contributed by atoms with E-state index in [2.05, 4.69) is 10.2 Å². The topological polar surface area (TPSA) is 136 Å². The zero-order chi connectivity index (χ0) is 29.4. The van der Waals surface area contributed by atoms with Gasteiger partial charge in [0, 0.05) is 25.6 Å². The van der Waals surface area contributed by atoms with Gasteiger partial charge in [0.1, 0.15) is 5.54 Å². The van der Waals surface area contributed by atoms with Gasteiger partial charge >= 0.3 is 13.1 Å². The molecule has 6 N–H and O–H groups in total. The number of rotatable bonds is 20. The number of carboxylic acid groups (broad SMARTS) is 1. The molecule has 1 atom stereocenters. The summed E-state index contributed by atoms with van der Waals surface area (Å²) < 4.78 is 0. The number of carbonyl (C=O) groups is 2. The van der Waals surface area contributed by atoms with Crippen LogP contribution in [0.1, 0.15) is 95.5 Å². The van der Waals surface area contributed by atoms with Crippen molar-refractivity contribution in [1.82, 2.24) is 10.2 Å². The Morgan fingerprint density at radius 3 is 2.25 bits per heavy atom. The summed E-state index contributed by atoms with van der Waals surface area (Å²) in [6, 6.07) is 6.03. The summed E-state index contributed by atoms with van der Waals surface area (Å²) in [6.07, 6.45) is 12.7. The number of aliphatic carboxylic acids is 1. The zero-order valence-electron chi connectivity index (χ0n) is 23.8. The van der Waals surface area contributed by atoms with Gasteiger partial charge in [0.2, 0.25) is 5.91 Å². The van der Waals surface area contributed by atoms with Crippen LogP contribution in [0.2, 0.25) is 16.4 Å². The molecule has 0 saturated carbocycles. The fraction of sp³-hybridized carbons (Fsp3) is 0.724. The summed E-state index contributed by atoms with van der Waals surface area (Å²) in [5, 5.41) is 31.9. The first-order valence-electron chi connectivity index (χ1n) is 14.9. The van der Waals surface area contributed by atoms with Gasteiger partial charge in [-0.2, -0.15) is 0 Å². The normalized spacial score (nSPS) is 16.0. The van der Waals surface area contributed by atoms with Crippen LogP contribution < -0.4 is 11.1 Å². The van der Waals surface area contributed by atoms with Gasteiger partial charge in [0.25, 0.3) is 0 Å². The molecular formula is C29H48BCl2N3O5. The Kier molecular flexibility index (Phi) is 16.5. The summed E-state index contributed by atoms with van der Waals surface area (Å²) in [4.78, 5) is 26.4. The monoisotopic (exact) mass is 599 g/mol. The largest absolute Gasteiger partial charge is 0.480 e. The van der Waals surface area contributed by atoms with E-state index in [-0.39, 0.29) is 18.3 Å². The number of amides is 1. The van der Waals surface area contributed by atoms with E-state index in [4.69, 9.17) is 39.0 Å². The van der Waals surface area contributed by atoms with Crippen LogP contribution in [0.5, 0.6) is 0 Å². The fourth-order valence-electron chi connectivity index (χ4n) is 5.34. The minimum atomic E-state index is -1.36. The molecule has 2 rings (SSSR count). The maximum absolute atomic E-state index is 12.4. The highest BCUT2D eigenvalue weighted by Gasteiger charge is 2.33. The molecule has 0 radical (unpaired) electrons. The summed E-state index contributed by atoms with van der Waals surface area (Å²) in [6.45, 7) is 2.55. The first-order valence-corrected chi connectivity index (χ1v) is 15.7. The third-order valence-corrected chi connectivity index (χ3v) is 8.65. The first-order chi connectivity index (χ1) is 19.1. The predicted octanol–water partition coefficient (Wildman–Crippen LogP) is 5.05. The number of aryl methyl sites for hydroxylation is 1. The molecule has 1 amide bonds. The van der Waals surface area contributed by atoms with E-state index in [0.29, 0.717) is 48.6 Å². The van der Waals surface area contributed by atoms with Gasteiger partial charge in [-0.15, -0.1) is 0 Å². The van der Waals surface area contributed by atoms with E-state index in [1.807, 2.05) is 18.2 Å². The average Bonchev–Trinajstić information content (AvgIpc) is 2.91. The quantitative estimate of drug-likeness (QED) is 0.104. The molecule has 1 aliphatic rings. The molecule has 1 unspecified atom stereocenters. The smallest absolute Gasteiger partial charge is 0.451 e. The van der Waals surface area contributed by atoms with Crippen molar-refractivity contribution in [3.63, 3.8) is 0 Å². The Balaban J connectivity index is 1.49. The van der Waals surface area contributed by atoms with E-state index < -0.39 is 18.6 Å². The number of benzene rings is 1. The Bertz CT molecular complexity index is 902. The lowest BCUT2D eigenvalue weighted by Gasteiger charge is -2.33. The summed E-state index contributed by atoms with van der Waals surface area (Å²) in [5.41, 5.74) is 6.10. The van der Waals surface area contributed by atoms with Crippen molar-refractivity contribution in [3.8, 4) is 0 Å². The molecular weight excluding hydrogens is 552 g/mol. The summed E-state index contributed by atoms with van der Waals surface area (Å²) >= 11 is 12.0. The molecule has 1 saturated heterocycles. The second-order valence-corrected chi connectivity index (χ2v) is 12.2. The van der Waals surface area contributed by atoms with E-state index in [0.717, 1.165) is 64.6 Å². The zero-order valence-corrected chi connectivity index (χ0v) is 25.3. The van der Waals surface area contributed by atoms with Crippen LogP contribution in [0, 0.1) is 0 Å². The molecule has 1 aromatic carbocycles. The van der Waals surface area contributed by atoms with Crippen molar-refractivity contribution < 1.29 is 24.7 Å². The van der Waals surface area contributed by atoms with Crippen LogP contribution in [0.15, 0.2) is 18.2 Å². The molecule has 0 aliphatic carbocycles. The minimum Gasteiger partial charge on any atom is -0.480 e. The number of nitrogens with zero attached hydrogens (tertiary/aromatic N) is 1. The van der Waals surface area contributed by atoms with Crippen LogP contribution in [0.4, 0.5) is 0 Å². The first kappa shape index (κ1) is 34.8. The van der Waals surface area contributed by atoms with Gasteiger partial charge in [-0.3, -0.25) is 9.59 Å². The molecule has 1 aliphatic heterocycles. The van der Waals surface area contributed by atoms with Gasteiger partial charge < -0.3 is 31.1 Å². The number of likely N-dealkylation sites (tertiary alicyclic amines) is 1. The highest BCUT2D eigenvalue weighted by atomic mass is 35.5. The van der Waals surface area contributed by atoms with E-state index in [9.17, 15) is 14.7 Å². The van der Waals surface area contributed by atoms with Gasteiger partial charge in [-0.1, -0.05) is 67.8 Å². The second kappa shape index (κ2) is 19.0. The van der Waals surface area contributed by atoms with Crippen molar-refractivity contribution >= 4 is 42.2 Å². The van der Waals surface area contributed by atoms with Crippen molar-refractivity contribution in [2.45, 2.75) is 114 Å². The molecule has 8 nitrogen and oxygen atoms in total. The molecule has 0 bridgehead atoms. The number of nitrogens with two attached hydrogens (primary N) is 1. The lowest BCUT2D eigenvalue weighted by molar-refractivity contribution is -0.144. The molecule has 0 aromatic heterocycles. The van der Waals surface area contributed by atoms with Crippen LogP contribution >= 0.6 is 23.2 Å². The van der Waals surface area contributed by atoms with E-state index in [1.54, 1.807) is 0 Å². The molecule has 0 spiro atoms. The van der Waals surface area contributed by atoms with Crippen molar-refractivity contribution in [3.05, 3.63) is 33.8 Å². The maximum Gasteiger partial charge on any atom is 0.451 e. The summed E-state index contributed by atoms with van der Waals surface area (Å²) in [7, 11) is -1.36. The van der Waals surface area contributed by atoms with E-state index in [1.165, 1.54) is 18.4 Å². The summed E-state index contributed by atoms with van der Waals surface area (Å²) in [5.74, 6) is -0.862.